The van der Waals surface area contributed by atoms with Gasteiger partial charge < -0.3 is 10.5 Å². The molecule has 3 nitrogen and oxygen atoms in total. The highest BCUT2D eigenvalue weighted by Crippen LogP contribution is 2.11. The molecule has 0 aliphatic rings. The Bertz CT molecular complexity index is 295. The summed E-state index contributed by atoms with van der Waals surface area (Å²) < 4.78 is 4.57. The predicted molar refractivity (Wildman–Crippen MR) is 60.8 cm³/mol. The molecule has 1 aromatic rings. The van der Waals surface area contributed by atoms with Gasteiger partial charge in [0.25, 0.3) is 0 Å². The van der Waals surface area contributed by atoms with Crippen LogP contribution in [0.4, 0.5) is 0 Å². The molecular formula is C10H15NO2S. The van der Waals surface area contributed by atoms with Gasteiger partial charge in [-0.2, -0.15) is 13.5 Å². The van der Waals surface area contributed by atoms with E-state index in [1.165, 1.54) is 7.11 Å². The molecule has 1 aromatic carbocycles. The number of carbonyl (C=O) groups is 1. The van der Waals surface area contributed by atoms with Crippen molar-refractivity contribution in [1.82, 2.24) is 0 Å². The smallest absolute Gasteiger partial charge is 0.337 e. The summed E-state index contributed by atoms with van der Waals surface area (Å²) in [5.74, 6) is -0.323. The standard InChI is InChI=1S/C10H13NO2.H2S/c1-7(11)8-3-5-9(6-4-8)10(12)13-2;/h3-7H,11H2,1-2H3;1H2/t7-;/m0./s1. The predicted octanol–water partition coefficient (Wildman–Crippen LogP) is 1.61. The van der Waals surface area contributed by atoms with Crippen LogP contribution in [0.5, 0.6) is 0 Å². The van der Waals surface area contributed by atoms with Crippen molar-refractivity contribution >= 4 is 19.5 Å². The number of benzene rings is 1. The van der Waals surface area contributed by atoms with E-state index in [4.69, 9.17) is 5.73 Å². The minimum Gasteiger partial charge on any atom is -0.465 e. The van der Waals surface area contributed by atoms with E-state index in [9.17, 15) is 4.79 Å². The van der Waals surface area contributed by atoms with Gasteiger partial charge in [-0.05, 0) is 24.6 Å². The van der Waals surface area contributed by atoms with Gasteiger partial charge in [0.1, 0.15) is 0 Å². The highest BCUT2D eigenvalue weighted by atomic mass is 32.1. The fraction of sp³-hybridized carbons (Fsp3) is 0.300. The monoisotopic (exact) mass is 213 g/mol. The van der Waals surface area contributed by atoms with Crippen molar-refractivity contribution in [3.05, 3.63) is 35.4 Å². The van der Waals surface area contributed by atoms with Crippen LogP contribution in [0, 0.1) is 0 Å². The van der Waals surface area contributed by atoms with Crippen molar-refractivity contribution in [2.75, 3.05) is 7.11 Å². The third-order valence-electron chi connectivity index (χ3n) is 1.86. The number of esters is 1. The Hall–Kier alpha value is -1.00. The van der Waals surface area contributed by atoms with Gasteiger partial charge in [0.15, 0.2) is 0 Å². The SMILES string of the molecule is COC(=O)c1ccc([C@H](C)N)cc1.S. The summed E-state index contributed by atoms with van der Waals surface area (Å²) >= 11 is 0. The van der Waals surface area contributed by atoms with Crippen molar-refractivity contribution < 1.29 is 9.53 Å². The average Bonchev–Trinajstić information content (AvgIpc) is 2.17. The second kappa shape index (κ2) is 5.67. The van der Waals surface area contributed by atoms with Gasteiger partial charge in [-0.25, -0.2) is 4.79 Å². The number of hydrogen-bond donors (Lipinski definition) is 1. The summed E-state index contributed by atoms with van der Waals surface area (Å²) in [5.41, 5.74) is 7.21. The van der Waals surface area contributed by atoms with Crippen LogP contribution >= 0.6 is 13.5 Å². The number of rotatable bonds is 2. The first-order chi connectivity index (χ1) is 6.15. The molecule has 0 aliphatic heterocycles. The first-order valence-corrected chi connectivity index (χ1v) is 4.09. The van der Waals surface area contributed by atoms with Crippen LogP contribution in [-0.2, 0) is 4.74 Å². The molecule has 0 saturated carbocycles. The fourth-order valence-electron chi connectivity index (χ4n) is 1.04. The van der Waals surface area contributed by atoms with Gasteiger partial charge >= 0.3 is 5.97 Å². The molecule has 0 fully saturated rings. The topological polar surface area (TPSA) is 52.3 Å². The van der Waals surface area contributed by atoms with Gasteiger partial charge in [0, 0.05) is 6.04 Å². The Morgan fingerprint density at radius 1 is 1.36 bits per heavy atom. The van der Waals surface area contributed by atoms with Gasteiger partial charge in [-0.15, -0.1) is 0 Å². The fourth-order valence-corrected chi connectivity index (χ4v) is 1.04. The van der Waals surface area contributed by atoms with Crippen LogP contribution in [0.2, 0.25) is 0 Å². The Labute approximate surface area is 90.7 Å². The quantitative estimate of drug-likeness (QED) is 0.759. The lowest BCUT2D eigenvalue weighted by atomic mass is 10.1. The maximum Gasteiger partial charge on any atom is 0.337 e. The van der Waals surface area contributed by atoms with Gasteiger partial charge in [0.05, 0.1) is 12.7 Å². The van der Waals surface area contributed by atoms with E-state index in [1.54, 1.807) is 12.1 Å². The van der Waals surface area contributed by atoms with E-state index in [2.05, 4.69) is 4.74 Å². The zero-order valence-electron chi connectivity index (χ0n) is 8.28. The first kappa shape index (κ1) is 13.0. The van der Waals surface area contributed by atoms with E-state index >= 15 is 0 Å². The van der Waals surface area contributed by atoms with Crippen molar-refractivity contribution in [1.29, 1.82) is 0 Å². The van der Waals surface area contributed by atoms with Gasteiger partial charge in [-0.1, -0.05) is 12.1 Å². The Balaban J connectivity index is 0.00000169. The molecule has 0 spiro atoms. The van der Waals surface area contributed by atoms with Crippen LogP contribution in [0.1, 0.15) is 28.9 Å². The minimum absolute atomic E-state index is 0. The third kappa shape index (κ3) is 3.05. The van der Waals surface area contributed by atoms with Gasteiger partial charge in [0.2, 0.25) is 0 Å². The summed E-state index contributed by atoms with van der Waals surface area (Å²) in [6, 6.07) is 7.08. The lowest BCUT2D eigenvalue weighted by molar-refractivity contribution is 0.0600. The van der Waals surface area contributed by atoms with Gasteiger partial charge in [-0.3, -0.25) is 0 Å². The van der Waals surface area contributed by atoms with E-state index < -0.39 is 0 Å². The zero-order chi connectivity index (χ0) is 9.84. The third-order valence-corrected chi connectivity index (χ3v) is 1.86. The minimum atomic E-state index is -0.323. The molecule has 0 saturated heterocycles. The molecule has 0 unspecified atom stereocenters. The average molecular weight is 213 g/mol. The van der Waals surface area contributed by atoms with E-state index in [1.807, 2.05) is 19.1 Å². The number of nitrogens with two attached hydrogens (primary N) is 1. The van der Waals surface area contributed by atoms with Crippen LogP contribution in [0.15, 0.2) is 24.3 Å². The van der Waals surface area contributed by atoms with E-state index in [0.717, 1.165) is 5.56 Å². The van der Waals surface area contributed by atoms with Crippen molar-refractivity contribution in [2.45, 2.75) is 13.0 Å². The molecule has 0 amide bonds. The molecule has 78 valence electrons. The van der Waals surface area contributed by atoms with E-state index in [0.29, 0.717) is 5.56 Å². The first-order valence-electron chi connectivity index (χ1n) is 4.09. The van der Waals surface area contributed by atoms with E-state index in [-0.39, 0.29) is 25.5 Å². The number of methoxy groups -OCH3 is 1. The molecule has 4 heteroatoms. The summed E-state index contributed by atoms with van der Waals surface area (Å²) in [6.07, 6.45) is 0. The highest BCUT2D eigenvalue weighted by molar-refractivity contribution is 7.59. The number of ether oxygens (including phenoxy) is 1. The Kier molecular flexibility index (Phi) is 5.27. The summed E-state index contributed by atoms with van der Waals surface area (Å²) in [5, 5.41) is 0. The highest BCUT2D eigenvalue weighted by Gasteiger charge is 2.05. The second-order valence-electron chi connectivity index (χ2n) is 2.90. The van der Waals surface area contributed by atoms with Crippen molar-refractivity contribution in [3.63, 3.8) is 0 Å². The molecule has 0 aromatic heterocycles. The lowest BCUT2D eigenvalue weighted by Gasteiger charge is -2.05. The van der Waals surface area contributed by atoms with Crippen molar-refractivity contribution in [3.8, 4) is 0 Å². The molecule has 0 bridgehead atoms. The van der Waals surface area contributed by atoms with Crippen molar-refractivity contribution in [2.24, 2.45) is 5.73 Å². The second-order valence-corrected chi connectivity index (χ2v) is 2.90. The maximum atomic E-state index is 11.0. The van der Waals surface area contributed by atoms with Crippen LogP contribution in [-0.4, -0.2) is 13.1 Å². The molecule has 0 heterocycles. The molecule has 2 N–H and O–H groups in total. The molecule has 0 aliphatic carbocycles. The van der Waals surface area contributed by atoms with Crippen LogP contribution in [0.3, 0.4) is 0 Å². The molecule has 1 atom stereocenters. The lowest BCUT2D eigenvalue weighted by Crippen LogP contribution is -2.06. The summed E-state index contributed by atoms with van der Waals surface area (Å²) in [6.45, 7) is 1.90. The van der Waals surface area contributed by atoms with Crippen LogP contribution < -0.4 is 5.73 Å². The normalized spacial score (nSPS) is 11.4. The maximum absolute atomic E-state index is 11.0. The Morgan fingerprint density at radius 2 is 1.86 bits per heavy atom. The Morgan fingerprint density at radius 3 is 2.21 bits per heavy atom. The molecule has 0 radical (unpaired) electrons. The molecule has 1 rings (SSSR count). The zero-order valence-corrected chi connectivity index (χ0v) is 9.28. The molecule has 14 heavy (non-hydrogen) atoms. The number of hydrogen-bond acceptors (Lipinski definition) is 3. The summed E-state index contributed by atoms with van der Waals surface area (Å²) in [4.78, 5) is 11.0. The van der Waals surface area contributed by atoms with Crippen LogP contribution in [0.25, 0.3) is 0 Å². The molecular weight excluding hydrogens is 198 g/mol. The largest absolute Gasteiger partial charge is 0.465 e. The summed E-state index contributed by atoms with van der Waals surface area (Å²) in [7, 11) is 1.36. The number of carbonyl (C=O) groups excluding carboxylic acids is 1.